The van der Waals surface area contributed by atoms with Crippen molar-refractivity contribution in [1.29, 1.82) is 5.26 Å². The van der Waals surface area contributed by atoms with E-state index in [0.717, 1.165) is 0 Å². The summed E-state index contributed by atoms with van der Waals surface area (Å²) >= 11 is 12.2. The number of hydrogen-bond acceptors (Lipinski definition) is 2. The number of thioether (sulfide) groups is 1. The first-order chi connectivity index (χ1) is 4.18. The number of alkyl halides is 2. The number of nitriles is 1. The van der Waals surface area contributed by atoms with Crippen LogP contribution in [0.25, 0.3) is 0 Å². The first kappa shape index (κ1) is 9.42. The lowest BCUT2D eigenvalue weighted by Gasteiger charge is -2.14. The summed E-state index contributed by atoms with van der Waals surface area (Å²) in [4.78, 5) is 0. The molecule has 0 aliphatic carbocycles. The molecule has 0 rings (SSSR count). The van der Waals surface area contributed by atoms with Gasteiger partial charge >= 0.3 is 0 Å². The molecule has 0 aromatic heterocycles. The molecule has 0 aromatic carbocycles. The summed E-state index contributed by atoms with van der Waals surface area (Å²) in [6.07, 6.45) is 0. The van der Waals surface area contributed by atoms with Crippen molar-refractivity contribution in [2.24, 2.45) is 0 Å². The molecule has 1 atom stereocenters. The second kappa shape index (κ2) is 4.27. The summed E-state index contributed by atoms with van der Waals surface area (Å²) in [5, 5.41) is 8.92. The van der Waals surface area contributed by atoms with Gasteiger partial charge < -0.3 is 0 Å². The molecule has 0 saturated heterocycles. The molecule has 1 nitrogen and oxygen atoms in total. The van der Waals surface area contributed by atoms with E-state index in [9.17, 15) is 0 Å². The average Bonchev–Trinajstić information content (AvgIpc) is 1.89. The molecule has 0 spiro atoms. The van der Waals surface area contributed by atoms with Crippen molar-refractivity contribution in [2.75, 3.05) is 11.1 Å². The minimum absolute atomic E-state index is 0.320. The molecule has 0 saturated carbocycles. The zero-order valence-electron chi connectivity index (χ0n) is 5.03. The predicted molar refractivity (Wildman–Crippen MR) is 43.0 cm³/mol. The summed E-state index contributed by atoms with van der Waals surface area (Å²) < 4.78 is -0.511. The third-order valence-corrected chi connectivity index (χ3v) is 2.87. The van der Waals surface area contributed by atoms with Gasteiger partial charge in [0.25, 0.3) is 0 Å². The molecule has 0 N–H and O–H groups in total. The van der Waals surface area contributed by atoms with Crippen LogP contribution < -0.4 is 0 Å². The summed E-state index contributed by atoms with van der Waals surface area (Å²) in [5.74, 6) is 0.320. The third-order valence-electron chi connectivity index (χ3n) is 0.865. The van der Waals surface area contributed by atoms with Gasteiger partial charge in [0.2, 0.25) is 0 Å². The molecule has 0 aliphatic rings. The monoisotopic (exact) mass is 183 g/mol. The molecule has 4 heteroatoms. The van der Waals surface area contributed by atoms with Gasteiger partial charge in [0.1, 0.15) is 4.75 Å². The molecule has 1 unspecified atom stereocenters. The Morgan fingerprint density at radius 3 is 2.33 bits per heavy atom. The highest BCUT2D eigenvalue weighted by molar-refractivity contribution is 8.02. The van der Waals surface area contributed by atoms with Crippen LogP contribution in [-0.4, -0.2) is 15.8 Å². The summed E-state index contributed by atoms with van der Waals surface area (Å²) in [7, 11) is 0. The van der Waals surface area contributed by atoms with Gasteiger partial charge in [-0.1, -0.05) is 0 Å². The first-order valence-electron chi connectivity index (χ1n) is 2.35. The van der Waals surface area contributed by atoms with Gasteiger partial charge in [-0.15, -0.1) is 35.0 Å². The highest BCUT2D eigenvalue weighted by Crippen LogP contribution is 2.25. The minimum atomic E-state index is -0.511. The molecule has 0 heterocycles. The Hall–Kier alpha value is 0.420. The van der Waals surface area contributed by atoms with Crippen LogP contribution in [0.4, 0.5) is 0 Å². The van der Waals surface area contributed by atoms with Gasteiger partial charge in [0.05, 0.1) is 17.2 Å². The lowest BCUT2D eigenvalue weighted by atomic mass is 10.2. The minimum Gasteiger partial charge on any atom is -0.197 e. The van der Waals surface area contributed by atoms with E-state index in [1.807, 2.05) is 0 Å². The predicted octanol–water partition coefficient (Wildman–Crippen LogP) is 2.44. The van der Waals surface area contributed by atoms with Gasteiger partial charge in [-0.25, -0.2) is 0 Å². The maximum Gasteiger partial charge on any atom is 0.114 e. The molecule has 9 heavy (non-hydrogen) atoms. The van der Waals surface area contributed by atoms with Crippen LogP contribution in [0.2, 0.25) is 0 Å². The summed E-state index contributed by atoms with van der Waals surface area (Å²) in [5.41, 5.74) is 0. The normalized spacial score (nSPS) is 16.2. The lowest BCUT2D eigenvalue weighted by Crippen LogP contribution is -2.19. The van der Waals surface area contributed by atoms with Crippen molar-refractivity contribution in [1.82, 2.24) is 0 Å². The van der Waals surface area contributed by atoms with Crippen molar-refractivity contribution in [3.05, 3.63) is 0 Å². The highest BCUT2D eigenvalue weighted by Gasteiger charge is 2.21. The van der Waals surface area contributed by atoms with Crippen LogP contribution in [0.1, 0.15) is 6.92 Å². The molecule has 52 valence electrons. The first-order valence-corrected chi connectivity index (χ1v) is 4.41. The molecule has 0 bridgehead atoms. The van der Waals surface area contributed by atoms with Gasteiger partial charge in [-0.2, -0.15) is 5.26 Å². The topological polar surface area (TPSA) is 23.8 Å². The van der Waals surface area contributed by atoms with Crippen molar-refractivity contribution >= 4 is 35.0 Å². The van der Waals surface area contributed by atoms with E-state index < -0.39 is 4.75 Å². The maximum absolute atomic E-state index is 8.50. The van der Waals surface area contributed by atoms with Crippen molar-refractivity contribution in [3.8, 4) is 6.07 Å². The molecular weight excluding hydrogens is 177 g/mol. The summed E-state index contributed by atoms with van der Waals surface area (Å²) in [6, 6.07) is 2.08. The highest BCUT2D eigenvalue weighted by atomic mass is 35.5. The Kier molecular flexibility index (Phi) is 4.47. The third kappa shape index (κ3) is 3.20. The Morgan fingerprint density at radius 1 is 1.67 bits per heavy atom. The largest absolute Gasteiger partial charge is 0.197 e. The van der Waals surface area contributed by atoms with E-state index in [0.29, 0.717) is 11.1 Å². The van der Waals surface area contributed by atoms with E-state index in [1.54, 1.807) is 6.92 Å². The number of nitrogens with zero attached hydrogens (tertiary/aromatic N) is 1. The molecule has 0 aromatic rings. The van der Waals surface area contributed by atoms with Crippen molar-refractivity contribution < 1.29 is 0 Å². The zero-order chi connectivity index (χ0) is 7.33. The van der Waals surface area contributed by atoms with Crippen LogP contribution >= 0.6 is 35.0 Å². The fourth-order valence-corrected chi connectivity index (χ4v) is 1.62. The second-order valence-corrected chi connectivity index (χ2v) is 4.06. The van der Waals surface area contributed by atoms with Crippen molar-refractivity contribution in [3.63, 3.8) is 0 Å². The Bertz CT molecular complexity index is 123. The number of rotatable bonds is 3. The van der Waals surface area contributed by atoms with Crippen LogP contribution in [0, 0.1) is 11.3 Å². The van der Waals surface area contributed by atoms with Crippen LogP contribution in [-0.2, 0) is 0 Å². The van der Waals surface area contributed by atoms with Crippen molar-refractivity contribution in [2.45, 2.75) is 11.7 Å². The van der Waals surface area contributed by atoms with Gasteiger partial charge in [-0.05, 0) is 6.92 Å². The van der Waals surface area contributed by atoms with Crippen LogP contribution in [0.15, 0.2) is 0 Å². The number of hydrogen-bond donors (Lipinski definition) is 0. The average molecular weight is 184 g/mol. The maximum atomic E-state index is 8.50. The zero-order valence-corrected chi connectivity index (χ0v) is 7.35. The van der Waals surface area contributed by atoms with Crippen LogP contribution in [0.3, 0.4) is 0 Å². The fraction of sp³-hybridized carbons (Fsp3) is 0.800. The molecule has 0 aliphatic heterocycles. The molecule has 0 radical (unpaired) electrons. The van der Waals surface area contributed by atoms with E-state index >= 15 is 0 Å². The number of halogens is 2. The molecule has 0 amide bonds. The Labute approximate surface area is 69.3 Å². The summed E-state index contributed by atoms with van der Waals surface area (Å²) in [6.45, 7) is 1.77. The van der Waals surface area contributed by atoms with E-state index in [2.05, 4.69) is 6.07 Å². The van der Waals surface area contributed by atoms with E-state index in [1.165, 1.54) is 11.8 Å². The van der Waals surface area contributed by atoms with Gasteiger partial charge in [0.15, 0.2) is 0 Å². The quantitative estimate of drug-likeness (QED) is 0.629. The van der Waals surface area contributed by atoms with Gasteiger partial charge in [-0.3, -0.25) is 0 Å². The molecule has 0 fully saturated rings. The smallest absolute Gasteiger partial charge is 0.114 e. The van der Waals surface area contributed by atoms with Crippen LogP contribution in [0.5, 0.6) is 0 Å². The molecular formula is C5H7Cl2NS. The lowest BCUT2D eigenvalue weighted by molar-refractivity contribution is 0.925. The Morgan fingerprint density at radius 2 is 2.22 bits per heavy atom. The SMILES string of the molecule is CC(C#N)(CCl)SCCl. The second-order valence-electron chi connectivity index (χ2n) is 1.73. The standard InChI is InChI=1S/C5H7Cl2NS/c1-5(2-6,3-8)9-4-7/h2,4H2,1H3. The van der Waals surface area contributed by atoms with Gasteiger partial charge in [0, 0.05) is 0 Å². The van der Waals surface area contributed by atoms with E-state index in [-0.39, 0.29) is 0 Å². The fourth-order valence-electron chi connectivity index (χ4n) is 0.221. The van der Waals surface area contributed by atoms with E-state index in [4.69, 9.17) is 28.5 Å². The Balaban J connectivity index is 3.81.